The van der Waals surface area contributed by atoms with Gasteiger partial charge in [-0.15, -0.1) is 0 Å². The number of para-hydroxylation sites is 2. The van der Waals surface area contributed by atoms with E-state index in [1.165, 1.54) is 5.56 Å². The van der Waals surface area contributed by atoms with Gasteiger partial charge in [0, 0.05) is 7.11 Å². The Labute approximate surface area is 154 Å². The van der Waals surface area contributed by atoms with Crippen LogP contribution in [0.2, 0.25) is 0 Å². The number of rotatable bonds is 8. The van der Waals surface area contributed by atoms with Gasteiger partial charge in [-0.1, -0.05) is 38.1 Å². The average molecular weight is 354 g/mol. The SMILES string of the molecule is COCc1nc2ccccc2n1CC(O)COc1ccc(C(C)C)cc1. The van der Waals surface area contributed by atoms with Gasteiger partial charge in [-0.05, 0) is 35.7 Å². The molecule has 0 aliphatic heterocycles. The fourth-order valence-corrected chi connectivity index (χ4v) is 2.97. The van der Waals surface area contributed by atoms with Gasteiger partial charge in [0.25, 0.3) is 0 Å². The van der Waals surface area contributed by atoms with Crippen molar-refractivity contribution in [2.45, 2.75) is 39.0 Å². The van der Waals surface area contributed by atoms with E-state index >= 15 is 0 Å². The molecule has 0 radical (unpaired) electrons. The van der Waals surface area contributed by atoms with Crippen molar-refractivity contribution in [1.29, 1.82) is 0 Å². The second-order valence-electron chi connectivity index (χ2n) is 6.75. The molecule has 2 aromatic carbocycles. The van der Waals surface area contributed by atoms with Crippen molar-refractivity contribution >= 4 is 11.0 Å². The summed E-state index contributed by atoms with van der Waals surface area (Å²) in [6.45, 7) is 5.35. The lowest BCUT2D eigenvalue weighted by atomic mass is 10.0. The van der Waals surface area contributed by atoms with Crippen molar-refractivity contribution in [2.24, 2.45) is 0 Å². The van der Waals surface area contributed by atoms with E-state index in [1.807, 2.05) is 41.0 Å². The summed E-state index contributed by atoms with van der Waals surface area (Å²) in [5.74, 6) is 2.05. The third kappa shape index (κ3) is 4.23. The van der Waals surface area contributed by atoms with Crippen molar-refractivity contribution in [3.63, 3.8) is 0 Å². The Hall–Kier alpha value is -2.37. The summed E-state index contributed by atoms with van der Waals surface area (Å²) in [5.41, 5.74) is 3.16. The van der Waals surface area contributed by atoms with Crippen LogP contribution in [0.3, 0.4) is 0 Å². The Morgan fingerprint density at radius 3 is 2.50 bits per heavy atom. The van der Waals surface area contributed by atoms with E-state index in [-0.39, 0.29) is 6.61 Å². The van der Waals surface area contributed by atoms with Crippen LogP contribution in [-0.4, -0.2) is 34.5 Å². The van der Waals surface area contributed by atoms with Crippen molar-refractivity contribution in [3.8, 4) is 5.75 Å². The van der Waals surface area contributed by atoms with Crippen LogP contribution >= 0.6 is 0 Å². The number of fused-ring (bicyclic) bond motifs is 1. The predicted molar refractivity (Wildman–Crippen MR) is 102 cm³/mol. The monoisotopic (exact) mass is 354 g/mol. The number of methoxy groups -OCH3 is 1. The molecule has 0 fully saturated rings. The van der Waals surface area contributed by atoms with Gasteiger partial charge in [-0.2, -0.15) is 0 Å². The van der Waals surface area contributed by atoms with Crippen LogP contribution in [0.5, 0.6) is 5.75 Å². The number of aliphatic hydroxyl groups is 1. The predicted octanol–water partition coefficient (Wildman–Crippen LogP) is 3.75. The van der Waals surface area contributed by atoms with E-state index in [9.17, 15) is 5.11 Å². The molecule has 1 aromatic heterocycles. The highest BCUT2D eigenvalue weighted by atomic mass is 16.5. The van der Waals surface area contributed by atoms with Crippen LogP contribution in [0.15, 0.2) is 48.5 Å². The minimum Gasteiger partial charge on any atom is -0.491 e. The molecule has 0 bridgehead atoms. The summed E-state index contributed by atoms with van der Waals surface area (Å²) >= 11 is 0. The fraction of sp³-hybridized carbons (Fsp3) is 0.381. The standard InChI is InChI=1S/C21H26N2O3/c1-15(2)16-8-10-18(11-9-16)26-13-17(24)12-23-20-7-5-4-6-19(20)22-21(23)14-25-3/h4-11,15,17,24H,12-14H2,1-3H3. The number of hydrogen-bond donors (Lipinski definition) is 1. The summed E-state index contributed by atoms with van der Waals surface area (Å²) < 4.78 is 13.0. The molecule has 1 heterocycles. The Balaban J connectivity index is 1.67. The fourth-order valence-electron chi connectivity index (χ4n) is 2.97. The van der Waals surface area contributed by atoms with E-state index in [0.29, 0.717) is 19.1 Å². The highest BCUT2D eigenvalue weighted by molar-refractivity contribution is 5.75. The van der Waals surface area contributed by atoms with Gasteiger partial charge in [0.2, 0.25) is 0 Å². The van der Waals surface area contributed by atoms with Gasteiger partial charge in [0.05, 0.1) is 17.6 Å². The first-order chi connectivity index (χ1) is 12.6. The van der Waals surface area contributed by atoms with E-state index in [0.717, 1.165) is 22.6 Å². The number of ether oxygens (including phenoxy) is 2. The van der Waals surface area contributed by atoms with Crippen LogP contribution in [0, 0.1) is 0 Å². The molecule has 0 aliphatic rings. The van der Waals surface area contributed by atoms with Gasteiger partial charge in [0.15, 0.2) is 0 Å². The van der Waals surface area contributed by atoms with Crippen LogP contribution < -0.4 is 4.74 Å². The first-order valence-electron chi connectivity index (χ1n) is 8.92. The van der Waals surface area contributed by atoms with Crippen molar-refractivity contribution in [2.75, 3.05) is 13.7 Å². The summed E-state index contributed by atoms with van der Waals surface area (Å²) in [5, 5.41) is 10.5. The van der Waals surface area contributed by atoms with Crippen molar-refractivity contribution in [3.05, 3.63) is 59.9 Å². The van der Waals surface area contributed by atoms with E-state index in [2.05, 4.69) is 31.0 Å². The maximum Gasteiger partial charge on any atom is 0.136 e. The van der Waals surface area contributed by atoms with Gasteiger partial charge < -0.3 is 19.1 Å². The number of nitrogens with zero attached hydrogens (tertiary/aromatic N) is 2. The smallest absolute Gasteiger partial charge is 0.136 e. The lowest BCUT2D eigenvalue weighted by Gasteiger charge is -2.16. The molecule has 0 saturated carbocycles. The molecular formula is C21H26N2O3. The summed E-state index contributed by atoms with van der Waals surface area (Å²) in [7, 11) is 1.64. The zero-order valence-electron chi connectivity index (χ0n) is 15.6. The largest absolute Gasteiger partial charge is 0.491 e. The van der Waals surface area contributed by atoms with Gasteiger partial charge in [-0.25, -0.2) is 4.98 Å². The third-order valence-electron chi connectivity index (χ3n) is 4.39. The first-order valence-corrected chi connectivity index (χ1v) is 8.92. The number of imidazole rings is 1. The summed E-state index contributed by atoms with van der Waals surface area (Å²) in [6.07, 6.45) is -0.645. The zero-order chi connectivity index (χ0) is 18.5. The van der Waals surface area contributed by atoms with Gasteiger partial charge in [-0.3, -0.25) is 0 Å². The molecule has 1 unspecified atom stereocenters. The highest BCUT2D eigenvalue weighted by Gasteiger charge is 2.14. The second-order valence-corrected chi connectivity index (χ2v) is 6.75. The third-order valence-corrected chi connectivity index (χ3v) is 4.39. The number of aromatic nitrogens is 2. The topological polar surface area (TPSA) is 56.5 Å². The van der Waals surface area contributed by atoms with Gasteiger partial charge in [0.1, 0.15) is 30.9 Å². The Morgan fingerprint density at radius 2 is 1.81 bits per heavy atom. The van der Waals surface area contributed by atoms with Crippen LogP contribution in [-0.2, 0) is 17.9 Å². The molecule has 0 aliphatic carbocycles. The minimum absolute atomic E-state index is 0.222. The molecule has 3 rings (SSSR count). The molecule has 0 spiro atoms. The number of aliphatic hydroxyl groups excluding tert-OH is 1. The molecule has 138 valence electrons. The Bertz CT molecular complexity index is 840. The maximum atomic E-state index is 10.5. The highest BCUT2D eigenvalue weighted by Crippen LogP contribution is 2.20. The molecule has 3 aromatic rings. The molecule has 0 saturated heterocycles. The molecule has 1 atom stereocenters. The molecule has 5 nitrogen and oxygen atoms in total. The minimum atomic E-state index is -0.645. The number of benzene rings is 2. The zero-order valence-corrected chi connectivity index (χ0v) is 15.6. The first kappa shape index (κ1) is 18.4. The lowest BCUT2D eigenvalue weighted by molar-refractivity contribution is 0.0901. The van der Waals surface area contributed by atoms with Crippen LogP contribution in [0.4, 0.5) is 0 Å². The van der Waals surface area contributed by atoms with Crippen molar-refractivity contribution in [1.82, 2.24) is 9.55 Å². The lowest BCUT2D eigenvalue weighted by Crippen LogP contribution is -2.24. The Kier molecular flexibility index (Phi) is 5.91. The maximum absolute atomic E-state index is 10.5. The average Bonchev–Trinajstić information content (AvgIpc) is 2.98. The summed E-state index contributed by atoms with van der Waals surface area (Å²) in [6, 6.07) is 15.9. The van der Waals surface area contributed by atoms with E-state index < -0.39 is 6.10 Å². The molecule has 1 N–H and O–H groups in total. The van der Waals surface area contributed by atoms with E-state index in [1.54, 1.807) is 7.11 Å². The molecule has 26 heavy (non-hydrogen) atoms. The normalized spacial score (nSPS) is 12.7. The van der Waals surface area contributed by atoms with E-state index in [4.69, 9.17) is 9.47 Å². The van der Waals surface area contributed by atoms with Crippen LogP contribution in [0.1, 0.15) is 31.2 Å². The number of hydrogen-bond acceptors (Lipinski definition) is 4. The molecule has 0 amide bonds. The molecular weight excluding hydrogens is 328 g/mol. The quantitative estimate of drug-likeness (QED) is 0.669. The summed E-state index contributed by atoms with van der Waals surface area (Å²) in [4.78, 5) is 4.59. The molecule has 5 heteroatoms. The Morgan fingerprint density at radius 1 is 1.08 bits per heavy atom. The van der Waals surface area contributed by atoms with Crippen molar-refractivity contribution < 1.29 is 14.6 Å². The van der Waals surface area contributed by atoms with Gasteiger partial charge >= 0.3 is 0 Å². The second kappa shape index (κ2) is 8.34. The van der Waals surface area contributed by atoms with Crippen LogP contribution in [0.25, 0.3) is 11.0 Å².